The summed E-state index contributed by atoms with van der Waals surface area (Å²) >= 11 is 3.52. The van der Waals surface area contributed by atoms with E-state index in [4.69, 9.17) is 14.2 Å². The van der Waals surface area contributed by atoms with Crippen molar-refractivity contribution in [3.8, 4) is 17.6 Å². The highest BCUT2D eigenvalue weighted by molar-refractivity contribution is 9.10. The van der Waals surface area contributed by atoms with Gasteiger partial charge in [0.05, 0.1) is 23.6 Å². The molecule has 0 spiro atoms. The van der Waals surface area contributed by atoms with Gasteiger partial charge >= 0.3 is 6.01 Å². The highest BCUT2D eigenvalue weighted by Crippen LogP contribution is 2.33. The summed E-state index contributed by atoms with van der Waals surface area (Å²) < 4.78 is 44.3. The third-order valence-corrected chi connectivity index (χ3v) is 7.14. The maximum Gasteiger partial charge on any atom is 0.321 e. The smallest absolute Gasteiger partial charge is 0.321 e. The lowest BCUT2D eigenvalue weighted by Gasteiger charge is -2.12. The average molecular weight is 573 g/mol. The van der Waals surface area contributed by atoms with Crippen molar-refractivity contribution in [2.45, 2.75) is 4.90 Å². The number of aromatic nitrogens is 2. The van der Waals surface area contributed by atoms with Crippen LogP contribution in [-0.4, -0.2) is 45.1 Å². The topological polar surface area (TPSA) is 129 Å². The van der Waals surface area contributed by atoms with Crippen molar-refractivity contribution in [1.82, 2.24) is 9.97 Å². The van der Waals surface area contributed by atoms with Gasteiger partial charge in [0.2, 0.25) is 5.88 Å². The number of hydrogen-bond donors (Lipinski definition) is 2. The minimum absolute atomic E-state index is 0.0203. The summed E-state index contributed by atoms with van der Waals surface area (Å²) in [5.41, 5.74) is 0.408. The molecule has 1 aromatic heterocycles. The lowest BCUT2D eigenvalue weighted by molar-refractivity contribution is -0.118. The Morgan fingerprint density at radius 2 is 1.72 bits per heavy atom. The van der Waals surface area contributed by atoms with E-state index >= 15 is 0 Å². The van der Waals surface area contributed by atoms with Gasteiger partial charge in [0.25, 0.3) is 15.9 Å². The number of rotatable bonds is 9. The summed E-state index contributed by atoms with van der Waals surface area (Å²) in [6, 6.07) is 18.4. The van der Waals surface area contributed by atoms with Gasteiger partial charge in [-0.2, -0.15) is 9.97 Å². The summed E-state index contributed by atoms with van der Waals surface area (Å²) in [6.45, 7) is -0.226. The lowest BCUT2D eigenvalue weighted by atomic mass is 10.1. The molecule has 3 aromatic carbocycles. The molecule has 1 amide bonds. The number of fused-ring (bicyclic) bond motifs is 1. The van der Waals surface area contributed by atoms with Crippen LogP contribution in [0.2, 0.25) is 0 Å². The largest absolute Gasteiger partial charge is 0.483 e. The Morgan fingerprint density at radius 3 is 2.44 bits per heavy atom. The van der Waals surface area contributed by atoms with Gasteiger partial charge in [-0.1, -0.05) is 30.3 Å². The van der Waals surface area contributed by atoms with Crippen molar-refractivity contribution in [1.29, 1.82) is 0 Å². The molecule has 0 atom stereocenters. The summed E-state index contributed by atoms with van der Waals surface area (Å²) in [5, 5.41) is 4.70. The van der Waals surface area contributed by atoms with E-state index in [0.29, 0.717) is 11.4 Å². The van der Waals surface area contributed by atoms with Crippen LogP contribution in [0, 0.1) is 0 Å². The van der Waals surface area contributed by atoms with Crippen LogP contribution < -0.4 is 24.2 Å². The molecule has 186 valence electrons. The monoisotopic (exact) mass is 572 g/mol. The SMILES string of the molecule is COc1cc(NS(=O)(=O)c2ccc(NC(=O)COc3ccc4ccccc4c3Br)cc2)nc(OC)n1. The summed E-state index contributed by atoms with van der Waals surface area (Å²) in [7, 11) is -1.23. The highest BCUT2D eigenvalue weighted by atomic mass is 79.9. The molecule has 1 heterocycles. The normalized spacial score (nSPS) is 11.1. The van der Waals surface area contributed by atoms with E-state index in [0.717, 1.165) is 15.2 Å². The third kappa shape index (κ3) is 5.83. The Kier molecular flexibility index (Phi) is 7.55. The number of methoxy groups -OCH3 is 2. The van der Waals surface area contributed by atoms with E-state index < -0.39 is 15.9 Å². The van der Waals surface area contributed by atoms with Crippen molar-refractivity contribution in [3.05, 3.63) is 71.2 Å². The van der Waals surface area contributed by atoms with Crippen LogP contribution in [0.25, 0.3) is 10.8 Å². The second-order valence-corrected chi connectivity index (χ2v) is 9.82. The molecule has 0 aliphatic heterocycles. The standard InChI is InChI=1S/C24H21BrN4O6S/c1-33-22-13-20(27-24(28-22)34-2)29-36(31,32)17-10-8-16(9-11-17)26-21(30)14-35-19-12-7-15-5-3-4-6-18(15)23(19)25/h3-13H,14H2,1-2H3,(H,26,30)(H,27,28,29). The number of ether oxygens (including phenoxy) is 3. The fourth-order valence-electron chi connectivity index (χ4n) is 3.23. The average Bonchev–Trinajstić information content (AvgIpc) is 2.88. The minimum Gasteiger partial charge on any atom is -0.483 e. The number of nitrogens with one attached hydrogen (secondary N) is 2. The number of benzene rings is 3. The molecule has 0 bridgehead atoms. The van der Waals surface area contributed by atoms with Crippen LogP contribution in [0.1, 0.15) is 0 Å². The molecule has 0 radical (unpaired) electrons. The van der Waals surface area contributed by atoms with Gasteiger partial charge in [-0.3, -0.25) is 9.52 Å². The van der Waals surface area contributed by atoms with Crippen LogP contribution >= 0.6 is 15.9 Å². The molecule has 0 aliphatic carbocycles. The van der Waals surface area contributed by atoms with Gasteiger partial charge in [0.1, 0.15) is 5.75 Å². The number of anilines is 2. The molecular formula is C24H21BrN4O6S. The Morgan fingerprint density at radius 1 is 0.972 bits per heavy atom. The maximum absolute atomic E-state index is 12.8. The fourth-order valence-corrected chi connectivity index (χ4v) is 4.83. The van der Waals surface area contributed by atoms with E-state index in [1.54, 1.807) is 6.07 Å². The Hall–Kier alpha value is -3.90. The number of carbonyl (C=O) groups is 1. The zero-order chi connectivity index (χ0) is 25.7. The minimum atomic E-state index is -3.97. The number of halogens is 1. The van der Waals surface area contributed by atoms with E-state index in [2.05, 4.69) is 35.9 Å². The van der Waals surface area contributed by atoms with Gasteiger partial charge in [0, 0.05) is 11.8 Å². The summed E-state index contributed by atoms with van der Waals surface area (Å²) in [5.74, 6) is 0.252. The number of hydrogen-bond acceptors (Lipinski definition) is 8. The highest BCUT2D eigenvalue weighted by Gasteiger charge is 2.17. The molecule has 2 N–H and O–H groups in total. The van der Waals surface area contributed by atoms with Crippen molar-refractivity contribution in [3.63, 3.8) is 0 Å². The molecule has 0 saturated heterocycles. The fraction of sp³-hybridized carbons (Fsp3) is 0.125. The predicted octanol–water partition coefficient (Wildman–Crippen LogP) is 4.23. The molecule has 4 rings (SSSR count). The Bertz CT molecular complexity index is 1490. The first kappa shape index (κ1) is 25.2. The van der Waals surface area contributed by atoms with Crippen LogP contribution in [0.5, 0.6) is 17.6 Å². The van der Waals surface area contributed by atoms with E-state index in [1.165, 1.54) is 44.6 Å². The maximum atomic E-state index is 12.8. The van der Waals surface area contributed by atoms with Gasteiger partial charge in [-0.15, -0.1) is 0 Å². The second-order valence-electron chi connectivity index (χ2n) is 7.35. The number of sulfonamides is 1. The molecule has 10 nitrogen and oxygen atoms in total. The lowest BCUT2D eigenvalue weighted by Crippen LogP contribution is -2.20. The van der Waals surface area contributed by atoms with Crippen LogP contribution in [0.4, 0.5) is 11.5 Å². The number of nitrogens with zero attached hydrogens (tertiary/aromatic N) is 2. The predicted molar refractivity (Wildman–Crippen MR) is 138 cm³/mol. The zero-order valence-corrected chi connectivity index (χ0v) is 21.6. The quantitative estimate of drug-likeness (QED) is 0.305. The molecule has 4 aromatic rings. The number of amides is 1. The van der Waals surface area contributed by atoms with Gasteiger partial charge < -0.3 is 19.5 Å². The van der Waals surface area contributed by atoms with Gasteiger partial charge in [0.15, 0.2) is 12.4 Å². The van der Waals surface area contributed by atoms with Crippen LogP contribution in [0.3, 0.4) is 0 Å². The van der Waals surface area contributed by atoms with Crippen LogP contribution in [-0.2, 0) is 14.8 Å². The number of carbonyl (C=O) groups excluding carboxylic acids is 1. The molecule has 0 fully saturated rings. The van der Waals surface area contributed by atoms with E-state index in [9.17, 15) is 13.2 Å². The van der Waals surface area contributed by atoms with Gasteiger partial charge in [-0.05, 0) is 57.0 Å². The Balaban J connectivity index is 1.39. The van der Waals surface area contributed by atoms with Crippen LogP contribution in [0.15, 0.2) is 76.1 Å². The van der Waals surface area contributed by atoms with Crippen molar-refractivity contribution < 1.29 is 27.4 Å². The molecule has 0 saturated carbocycles. The molecular weight excluding hydrogens is 552 g/mol. The van der Waals surface area contributed by atoms with Crippen molar-refractivity contribution in [2.24, 2.45) is 0 Å². The Labute approximate surface area is 215 Å². The summed E-state index contributed by atoms with van der Waals surface area (Å²) in [6.07, 6.45) is 0. The van der Waals surface area contributed by atoms with E-state index in [1.807, 2.05) is 30.3 Å². The van der Waals surface area contributed by atoms with Crippen molar-refractivity contribution >= 4 is 54.1 Å². The first-order valence-corrected chi connectivity index (χ1v) is 12.8. The molecule has 36 heavy (non-hydrogen) atoms. The molecule has 0 aliphatic rings. The van der Waals surface area contributed by atoms with E-state index in [-0.39, 0.29) is 29.2 Å². The summed E-state index contributed by atoms with van der Waals surface area (Å²) in [4.78, 5) is 20.2. The molecule has 12 heteroatoms. The second kappa shape index (κ2) is 10.8. The first-order valence-electron chi connectivity index (χ1n) is 10.5. The first-order chi connectivity index (χ1) is 17.3. The zero-order valence-electron chi connectivity index (χ0n) is 19.2. The van der Waals surface area contributed by atoms with Gasteiger partial charge in [-0.25, -0.2) is 8.42 Å². The van der Waals surface area contributed by atoms with Crippen molar-refractivity contribution in [2.75, 3.05) is 30.9 Å². The molecule has 0 unspecified atom stereocenters. The third-order valence-electron chi connectivity index (χ3n) is 4.95.